The van der Waals surface area contributed by atoms with Crippen LogP contribution in [-0.4, -0.2) is 18.5 Å². The Hall–Kier alpha value is 1.46. The van der Waals surface area contributed by atoms with Gasteiger partial charge in [-0.3, -0.25) is 0 Å². The Balaban J connectivity index is 4.33. The van der Waals surface area contributed by atoms with Gasteiger partial charge < -0.3 is 0 Å². The van der Waals surface area contributed by atoms with Crippen molar-refractivity contribution in [3.63, 3.8) is 0 Å². The first-order valence-corrected chi connectivity index (χ1v) is 12.8. The van der Waals surface area contributed by atoms with E-state index in [4.69, 9.17) is 11.2 Å². The van der Waals surface area contributed by atoms with Crippen molar-refractivity contribution in [2.75, 3.05) is 18.5 Å². The molecule has 0 atom stereocenters. The molecule has 0 aliphatic carbocycles. The molecular weight excluding hydrogens is 408 g/mol. The molecule has 0 N–H and O–H groups in total. The SMILES string of the molecule is CCCC[P](Cl)([Au])(CCCC)CCCC. The number of hydrogen-bond donors (Lipinski definition) is 0. The van der Waals surface area contributed by atoms with E-state index in [9.17, 15) is 0 Å². The van der Waals surface area contributed by atoms with Crippen LogP contribution in [0.15, 0.2) is 0 Å². The van der Waals surface area contributed by atoms with Crippen LogP contribution in [0.5, 0.6) is 0 Å². The summed E-state index contributed by atoms with van der Waals surface area (Å²) < 4.78 is -1.87. The van der Waals surface area contributed by atoms with Crippen LogP contribution in [0.4, 0.5) is 0 Å². The molecule has 0 amide bonds. The van der Waals surface area contributed by atoms with Crippen LogP contribution in [-0.2, 0) is 20.5 Å². The first kappa shape index (κ1) is 16.5. The molecule has 0 rings (SSSR count). The Morgan fingerprint density at radius 2 is 1.07 bits per heavy atom. The van der Waals surface area contributed by atoms with Gasteiger partial charge in [-0.15, -0.1) is 0 Å². The molecule has 0 aliphatic rings. The molecular formula is C12H27AuClP. The first-order valence-electron chi connectivity index (χ1n) is 6.37. The molecule has 0 spiro atoms. The number of unbranched alkanes of at least 4 members (excludes halogenated alkanes) is 3. The van der Waals surface area contributed by atoms with Crippen molar-refractivity contribution in [1.82, 2.24) is 0 Å². The first-order chi connectivity index (χ1) is 6.96. The minimum absolute atomic E-state index is 1.28. The number of halogens is 1. The molecule has 0 saturated carbocycles. The second-order valence-corrected chi connectivity index (χ2v) is 20.6. The summed E-state index contributed by atoms with van der Waals surface area (Å²) in [6, 6.07) is 0. The fraction of sp³-hybridized carbons (Fsp3) is 1.00. The zero-order chi connectivity index (χ0) is 11.8. The van der Waals surface area contributed by atoms with Crippen LogP contribution >= 0.6 is 15.1 Å². The third-order valence-electron chi connectivity index (χ3n) is 2.94. The summed E-state index contributed by atoms with van der Waals surface area (Å²) in [4.78, 5) is 0. The van der Waals surface area contributed by atoms with Crippen molar-refractivity contribution in [1.29, 1.82) is 0 Å². The Bertz CT molecular complexity index is 142. The van der Waals surface area contributed by atoms with Gasteiger partial charge in [0.05, 0.1) is 0 Å². The number of hydrogen-bond acceptors (Lipinski definition) is 0. The topological polar surface area (TPSA) is 0 Å². The molecule has 0 aromatic carbocycles. The molecule has 0 aromatic heterocycles. The van der Waals surface area contributed by atoms with E-state index in [1.54, 1.807) is 0 Å². The van der Waals surface area contributed by atoms with Gasteiger partial charge in [-0.2, -0.15) is 0 Å². The summed E-state index contributed by atoms with van der Waals surface area (Å²) in [5.74, 6) is 0. The third kappa shape index (κ3) is 7.40. The fourth-order valence-corrected chi connectivity index (χ4v) is 9.57. The molecule has 0 aromatic rings. The standard InChI is InChI=1S/C12H27ClP.Au/c1-4-7-10-14(13,11-8-5-2)12-9-6-3;/h4-12H2,1-3H3;/q+1;-1. The van der Waals surface area contributed by atoms with Crippen LogP contribution in [0.2, 0.25) is 0 Å². The van der Waals surface area contributed by atoms with Gasteiger partial charge >= 0.3 is 113 Å². The van der Waals surface area contributed by atoms with Gasteiger partial charge in [0.25, 0.3) is 0 Å². The molecule has 0 heterocycles. The van der Waals surface area contributed by atoms with Crippen molar-refractivity contribution in [3.8, 4) is 0 Å². The molecule has 0 fully saturated rings. The summed E-state index contributed by atoms with van der Waals surface area (Å²) in [5.41, 5.74) is 0. The van der Waals surface area contributed by atoms with Crippen LogP contribution in [0.1, 0.15) is 59.3 Å². The molecule has 0 unspecified atom stereocenters. The van der Waals surface area contributed by atoms with Crippen molar-refractivity contribution >= 4 is 15.1 Å². The van der Waals surface area contributed by atoms with E-state index in [0.717, 1.165) is 0 Å². The zero-order valence-electron chi connectivity index (χ0n) is 10.5. The summed E-state index contributed by atoms with van der Waals surface area (Å²) in [6.45, 7) is 6.80. The normalized spacial score (nSPS) is 14.9. The monoisotopic (exact) mass is 434 g/mol. The van der Waals surface area contributed by atoms with E-state index in [1.165, 1.54) is 57.0 Å². The van der Waals surface area contributed by atoms with E-state index in [1.807, 2.05) is 0 Å². The molecule has 0 saturated heterocycles. The van der Waals surface area contributed by atoms with Gasteiger partial charge in [0.2, 0.25) is 0 Å². The average molecular weight is 435 g/mol. The van der Waals surface area contributed by atoms with Crippen LogP contribution < -0.4 is 0 Å². The van der Waals surface area contributed by atoms with Gasteiger partial charge in [-0.05, 0) is 0 Å². The maximum absolute atomic E-state index is 7.04. The zero-order valence-corrected chi connectivity index (χ0v) is 14.3. The predicted octanol–water partition coefficient (Wildman–Crippen LogP) is 5.56. The molecule has 0 nitrogen and oxygen atoms in total. The van der Waals surface area contributed by atoms with Gasteiger partial charge in [0.15, 0.2) is 0 Å². The fourth-order valence-electron chi connectivity index (χ4n) is 1.80. The summed E-state index contributed by atoms with van der Waals surface area (Å²) in [7, 11) is 0. The van der Waals surface area contributed by atoms with Crippen molar-refractivity contribution in [3.05, 3.63) is 0 Å². The Morgan fingerprint density at radius 3 is 1.27 bits per heavy atom. The van der Waals surface area contributed by atoms with E-state index in [-0.39, 0.29) is 0 Å². The Kier molecular flexibility index (Phi) is 8.47. The molecule has 0 bridgehead atoms. The predicted molar refractivity (Wildman–Crippen MR) is 72.1 cm³/mol. The average Bonchev–Trinajstić information content (AvgIpc) is 2.22. The molecule has 3 heteroatoms. The summed E-state index contributed by atoms with van der Waals surface area (Å²) in [5, 5.41) is 0. The Morgan fingerprint density at radius 1 is 0.800 bits per heavy atom. The molecule has 98 valence electrons. The van der Waals surface area contributed by atoms with Crippen LogP contribution in [0.3, 0.4) is 0 Å². The van der Waals surface area contributed by atoms with Gasteiger partial charge in [-0.25, -0.2) is 0 Å². The summed E-state index contributed by atoms with van der Waals surface area (Å²) in [6.07, 6.45) is 11.6. The Labute approximate surface area is 113 Å². The van der Waals surface area contributed by atoms with Gasteiger partial charge in [0, 0.05) is 0 Å². The van der Waals surface area contributed by atoms with E-state index >= 15 is 0 Å². The van der Waals surface area contributed by atoms with Gasteiger partial charge in [0.1, 0.15) is 0 Å². The quantitative estimate of drug-likeness (QED) is 0.329. The van der Waals surface area contributed by atoms with Crippen molar-refractivity contribution in [2.24, 2.45) is 0 Å². The van der Waals surface area contributed by atoms with E-state index < -0.39 is 3.85 Å². The molecule has 0 aliphatic heterocycles. The summed E-state index contributed by atoms with van der Waals surface area (Å²) >= 11 is 9.93. The van der Waals surface area contributed by atoms with Crippen LogP contribution in [0, 0.1) is 0 Å². The van der Waals surface area contributed by atoms with Crippen molar-refractivity contribution in [2.45, 2.75) is 59.3 Å². The molecule has 15 heavy (non-hydrogen) atoms. The third-order valence-corrected chi connectivity index (χ3v) is 12.6. The van der Waals surface area contributed by atoms with Crippen molar-refractivity contribution < 1.29 is 20.5 Å². The second-order valence-electron chi connectivity index (χ2n) is 4.60. The maximum atomic E-state index is 7.04. The van der Waals surface area contributed by atoms with Crippen LogP contribution in [0.25, 0.3) is 0 Å². The second kappa shape index (κ2) is 7.72. The molecule has 0 radical (unpaired) electrons. The van der Waals surface area contributed by atoms with E-state index in [2.05, 4.69) is 41.3 Å². The number of rotatable bonds is 9. The van der Waals surface area contributed by atoms with E-state index in [0.29, 0.717) is 0 Å². The minimum atomic E-state index is -1.87. The van der Waals surface area contributed by atoms with Gasteiger partial charge in [-0.1, -0.05) is 0 Å².